The second kappa shape index (κ2) is 9.95. The summed E-state index contributed by atoms with van der Waals surface area (Å²) in [4.78, 5) is 31.0. The van der Waals surface area contributed by atoms with Crippen LogP contribution in [0.5, 0.6) is 0 Å². The minimum atomic E-state index is -4.53. The van der Waals surface area contributed by atoms with Crippen LogP contribution in [0.2, 0.25) is 5.02 Å². The molecule has 0 saturated carbocycles. The maximum absolute atomic E-state index is 12.8. The average molecular weight is 508 g/mol. The first-order valence-corrected chi connectivity index (χ1v) is 11.1. The molecule has 4 rings (SSSR count). The number of rotatable bonds is 4. The Balaban J connectivity index is 1.34. The fourth-order valence-electron chi connectivity index (χ4n) is 3.89. The number of hydrogen-bond acceptors (Lipinski definition) is 6. The molecule has 0 radical (unpaired) electrons. The molecule has 184 valence electrons. The topological polar surface area (TPSA) is 100 Å². The fourth-order valence-corrected chi connectivity index (χ4v) is 4.17. The summed E-state index contributed by atoms with van der Waals surface area (Å²) in [7, 11) is 0. The van der Waals surface area contributed by atoms with Crippen LogP contribution in [0, 0.1) is 12.8 Å². The Labute approximate surface area is 203 Å². The van der Waals surface area contributed by atoms with Gasteiger partial charge in [-0.15, -0.1) is 0 Å². The quantitative estimate of drug-likeness (QED) is 0.508. The Morgan fingerprint density at radius 3 is 2.46 bits per heavy atom. The molecule has 1 saturated heterocycles. The van der Waals surface area contributed by atoms with E-state index in [2.05, 4.69) is 21.0 Å². The molecule has 35 heavy (non-hydrogen) atoms. The highest BCUT2D eigenvalue weighted by Gasteiger charge is 2.33. The molecule has 1 aliphatic heterocycles. The first-order chi connectivity index (χ1) is 16.6. The zero-order chi connectivity index (χ0) is 25.2. The van der Waals surface area contributed by atoms with Gasteiger partial charge < -0.3 is 9.42 Å². The molecule has 0 atom stereocenters. The van der Waals surface area contributed by atoms with Crippen LogP contribution in [-0.4, -0.2) is 35.0 Å². The number of piperidine rings is 1. The highest BCUT2D eigenvalue weighted by Crippen LogP contribution is 2.34. The van der Waals surface area contributed by atoms with Crippen LogP contribution in [0.1, 0.15) is 34.5 Å². The highest BCUT2D eigenvalue weighted by atomic mass is 35.5. The molecule has 2 aromatic heterocycles. The third-order valence-electron chi connectivity index (χ3n) is 5.75. The van der Waals surface area contributed by atoms with E-state index in [1.165, 1.54) is 0 Å². The van der Waals surface area contributed by atoms with Crippen molar-refractivity contribution in [2.45, 2.75) is 25.9 Å². The van der Waals surface area contributed by atoms with Crippen molar-refractivity contribution >= 4 is 29.2 Å². The van der Waals surface area contributed by atoms with Crippen molar-refractivity contribution < 1.29 is 27.3 Å². The average Bonchev–Trinajstić information content (AvgIpc) is 3.24. The molecule has 0 spiro atoms. The van der Waals surface area contributed by atoms with Crippen LogP contribution in [0.15, 0.2) is 47.1 Å². The van der Waals surface area contributed by atoms with E-state index in [1.54, 1.807) is 24.0 Å². The Morgan fingerprint density at radius 1 is 1.14 bits per heavy atom. The molecule has 0 bridgehead atoms. The van der Waals surface area contributed by atoms with Gasteiger partial charge in [-0.3, -0.25) is 20.4 Å². The lowest BCUT2D eigenvalue weighted by atomic mass is 9.96. The van der Waals surface area contributed by atoms with Crippen LogP contribution >= 0.6 is 11.6 Å². The van der Waals surface area contributed by atoms with E-state index in [9.17, 15) is 22.8 Å². The third-order valence-corrected chi connectivity index (χ3v) is 6.03. The predicted octanol–water partition coefficient (Wildman–Crippen LogP) is 4.39. The van der Waals surface area contributed by atoms with E-state index < -0.39 is 23.6 Å². The van der Waals surface area contributed by atoms with Gasteiger partial charge in [0, 0.05) is 30.8 Å². The summed E-state index contributed by atoms with van der Waals surface area (Å²) in [5.74, 6) is -0.793. The van der Waals surface area contributed by atoms with E-state index in [0.717, 1.165) is 12.3 Å². The van der Waals surface area contributed by atoms with Crippen molar-refractivity contribution in [1.82, 2.24) is 21.0 Å². The number of aromatic nitrogens is 2. The van der Waals surface area contributed by atoms with Gasteiger partial charge in [-0.05, 0) is 25.8 Å². The molecule has 0 aliphatic carbocycles. The number of alkyl halides is 3. The van der Waals surface area contributed by atoms with Gasteiger partial charge in [0.2, 0.25) is 5.91 Å². The molecule has 0 unspecified atom stereocenters. The van der Waals surface area contributed by atoms with Crippen LogP contribution in [-0.2, 0) is 11.0 Å². The summed E-state index contributed by atoms with van der Waals surface area (Å²) < 4.78 is 43.7. The van der Waals surface area contributed by atoms with E-state index in [4.69, 9.17) is 16.1 Å². The number of carbonyl (C=O) groups is 2. The Kier molecular flexibility index (Phi) is 6.97. The molecule has 1 fully saturated rings. The van der Waals surface area contributed by atoms with E-state index >= 15 is 0 Å². The lowest BCUT2D eigenvalue weighted by molar-refractivity contribution is -0.137. The summed E-state index contributed by atoms with van der Waals surface area (Å²) in [5.41, 5.74) is 5.21. The van der Waals surface area contributed by atoms with Gasteiger partial charge in [-0.1, -0.05) is 47.1 Å². The van der Waals surface area contributed by atoms with Crippen LogP contribution < -0.4 is 15.8 Å². The maximum atomic E-state index is 12.8. The molecule has 1 aromatic carbocycles. The normalized spacial score (nSPS) is 14.6. The molecule has 12 heteroatoms. The first kappa shape index (κ1) is 24.5. The lowest BCUT2D eigenvalue weighted by Crippen LogP contribution is -2.47. The SMILES string of the molecule is Cc1onc(-c2ccccc2)c1C(=O)NNC(=O)C1CCN(c2ncc(C(F)(F)F)cc2Cl)CC1. The molecule has 2 amide bonds. The molecule has 1 aliphatic rings. The Morgan fingerprint density at radius 2 is 1.83 bits per heavy atom. The zero-order valence-corrected chi connectivity index (χ0v) is 19.3. The number of nitrogens with zero attached hydrogens (tertiary/aromatic N) is 3. The molecule has 2 N–H and O–H groups in total. The smallest absolute Gasteiger partial charge is 0.360 e. The number of amides is 2. The number of halogens is 4. The van der Waals surface area contributed by atoms with Crippen LogP contribution in [0.25, 0.3) is 11.3 Å². The summed E-state index contributed by atoms with van der Waals surface area (Å²) in [6, 6.07) is 9.87. The van der Waals surface area contributed by atoms with Crippen molar-refractivity contribution in [1.29, 1.82) is 0 Å². The van der Waals surface area contributed by atoms with Gasteiger partial charge in [0.25, 0.3) is 5.91 Å². The third kappa shape index (κ3) is 5.40. The van der Waals surface area contributed by atoms with Gasteiger partial charge in [0.15, 0.2) is 0 Å². The zero-order valence-electron chi connectivity index (χ0n) is 18.5. The molecule has 3 heterocycles. The van der Waals surface area contributed by atoms with Crippen molar-refractivity contribution in [3.63, 3.8) is 0 Å². The summed E-state index contributed by atoms with van der Waals surface area (Å²) >= 11 is 6.03. The minimum Gasteiger partial charge on any atom is -0.360 e. The van der Waals surface area contributed by atoms with Crippen molar-refractivity contribution in [3.8, 4) is 11.3 Å². The largest absolute Gasteiger partial charge is 0.417 e. The number of aryl methyl sites for hydroxylation is 1. The number of pyridine rings is 1. The van der Waals surface area contributed by atoms with Crippen LogP contribution in [0.3, 0.4) is 0 Å². The lowest BCUT2D eigenvalue weighted by Gasteiger charge is -2.32. The van der Waals surface area contributed by atoms with Gasteiger partial charge in [0.05, 0.1) is 10.6 Å². The maximum Gasteiger partial charge on any atom is 0.417 e. The molecule has 8 nitrogen and oxygen atoms in total. The Bertz CT molecular complexity index is 1220. The number of hydrazine groups is 1. The summed E-state index contributed by atoms with van der Waals surface area (Å²) in [6.07, 6.45) is -2.98. The monoisotopic (exact) mass is 507 g/mol. The van der Waals surface area contributed by atoms with E-state index in [-0.39, 0.29) is 22.3 Å². The molecular formula is C23H21ClF3N5O3. The predicted molar refractivity (Wildman–Crippen MR) is 121 cm³/mol. The summed E-state index contributed by atoms with van der Waals surface area (Å²) in [6.45, 7) is 2.34. The minimum absolute atomic E-state index is 0.103. The van der Waals surface area contributed by atoms with Crippen molar-refractivity contribution in [3.05, 3.63) is 64.5 Å². The highest BCUT2D eigenvalue weighted by molar-refractivity contribution is 6.33. The van der Waals surface area contributed by atoms with Crippen LogP contribution in [0.4, 0.5) is 19.0 Å². The summed E-state index contributed by atoms with van der Waals surface area (Å²) in [5, 5.41) is 3.85. The number of nitrogens with one attached hydrogen (secondary N) is 2. The van der Waals surface area contributed by atoms with E-state index in [0.29, 0.717) is 42.9 Å². The fraction of sp³-hybridized carbons (Fsp3) is 0.304. The number of benzene rings is 1. The van der Waals surface area contributed by atoms with E-state index in [1.807, 2.05) is 18.2 Å². The Hall–Kier alpha value is -3.60. The number of hydrogen-bond donors (Lipinski definition) is 2. The second-order valence-corrected chi connectivity index (χ2v) is 8.47. The second-order valence-electron chi connectivity index (χ2n) is 8.06. The van der Waals surface area contributed by atoms with Crippen molar-refractivity contribution in [2.24, 2.45) is 5.92 Å². The molecule has 3 aromatic rings. The van der Waals surface area contributed by atoms with Crippen molar-refractivity contribution in [2.75, 3.05) is 18.0 Å². The van der Waals surface area contributed by atoms with Gasteiger partial charge in [-0.2, -0.15) is 13.2 Å². The van der Waals surface area contributed by atoms with Gasteiger partial charge in [0.1, 0.15) is 22.8 Å². The first-order valence-electron chi connectivity index (χ1n) is 10.7. The van der Waals surface area contributed by atoms with Gasteiger partial charge >= 0.3 is 6.18 Å². The van der Waals surface area contributed by atoms with Gasteiger partial charge in [-0.25, -0.2) is 4.98 Å². The number of anilines is 1. The molecular weight excluding hydrogens is 487 g/mol. The standard InChI is InChI=1S/C23H21ClF3N5O3/c1-13-18(19(31-35-13)14-5-3-2-4-6-14)22(34)30-29-21(33)15-7-9-32(10-8-15)20-17(24)11-16(12-28-20)23(25,26)27/h2-6,11-12,15H,7-10H2,1H3,(H,29,33)(H,30,34). The number of carbonyl (C=O) groups excluding carboxylic acids is 2.